The zero-order chi connectivity index (χ0) is 15.2. The summed E-state index contributed by atoms with van der Waals surface area (Å²) in [6.07, 6.45) is 0.948. The van der Waals surface area contributed by atoms with E-state index in [1.54, 1.807) is 17.0 Å². The standard InChI is InChI=1S/C16H20FN3O/c1-19-8-3-9-20(12-16(19)21)11-13-5-6-15(17)14(10-13)4-2-7-18/h5-6,10H,3,7-9,11-12,18H2,1H3. The van der Waals surface area contributed by atoms with Crippen LogP contribution in [-0.4, -0.2) is 48.9 Å². The molecular weight excluding hydrogens is 269 g/mol. The molecule has 0 atom stereocenters. The Bertz CT molecular complexity index is 577. The van der Waals surface area contributed by atoms with E-state index in [4.69, 9.17) is 5.73 Å². The molecule has 1 aromatic rings. The van der Waals surface area contributed by atoms with Crippen LogP contribution >= 0.6 is 0 Å². The number of rotatable bonds is 2. The lowest BCUT2D eigenvalue weighted by molar-refractivity contribution is -0.129. The summed E-state index contributed by atoms with van der Waals surface area (Å²) in [4.78, 5) is 15.7. The summed E-state index contributed by atoms with van der Waals surface area (Å²) < 4.78 is 13.6. The summed E-state index contributed by atoms with van der Waals surface area (Å²) in [6.45, 7) is 2.87. The van der Waals surface area contributed by atoms with Crippen LogP contribution in [0.3, 0.4) is 0 Å². The summed E-state index contributed by atoms with van der Waals surface area (Å²) in [5.74, 6) is 5.18. The highest BCUT2D eigenvalue weighted by atomic mass is 19.1. The molecule has 0 saturated carbocycles. The predicted molar refractivity (Wildman–Crippen MR) is 79.9 cm³/mol. The van der Waals surface area contributed by atoms with E-state index in [0.29, 0.717) is 18.7 Å². The van der Waals surface area contributed by atoms with Gasteiger partial charge in [0.15, 0.2) is 0 Å². The van der Waals surface area contributed by atoms with Crippen molar-refractivity contribution >= 4 is 5.91 Å². The third-order valence-corrected chi connectivity index (χ3v) is 3.51. The molecule has 2 N–H and O–H groups in total. The number of amides is 1. The van der Waals surface area contributed by atoms with Gasteiger partial charge in [-0.2, -0.15) is 0 Å². The molecule has 1 aromatic carbocycles. The number of hydrogen-bond donors (Lipinski definition) is 1. The number of hydrogen-bond acceptors (Lipinski definition) is 3. The molecule has 0 radical (unpaired) electrons. The van der Waals surface area contributed by atoms with Crippen LogP contribution in [0.5, 0.6) is 0 Å². The molecule has 1 saturated heterocycles. The summed E-state index contributed by atoms with van der Waals surface area (Å²) in [7, 11) is 1.82. The molecule has 1 heterocycles. The Kier molecular flexibility index (Phi) is 5.32. The molecule has 1 fully saturated rings. The number of nitrogens with two attached hydrogens (primary N) is 1. The molecule has 0 spiro atoms. The Balaban J connectivity index is 2.10. The molecule has 1 aliphatic heterocycles. The highest BCUT2D eigenvalue weighted by Crippen LogP contribution is 2.13. The Morgan fingerprint density at radius 3 is 2.95 bits per heavy atom. The number of benzene rings is 1. The molecule has 0 unspecified atom stereocenters. The van der Waals surface area contributed by atoms with E-state index in [1.165, 1.54) is 6.07 Å². The zero-order valence-electron chi connectivity index (χ0n) is 12.2. The molecular formula is C16H20FN3O. The number of likely N-dealkylation sites (N-methyl/N-ethyl adjacent to an activating group) is 1. The van der Waals surface area contributed by atoms with Crippen LogP contribution in [0.25, 0.3) is 0 Å². The summed E-state index contributed by atoms with van der Waals surface area (Å²) in [5.41, 5.74) is 6.62. The fraction of sp³-hybridized carbons (Fsp3) is 0.438. The van der Waals surface area contributed by atoms with Crippen molar-refractivity contribution in [2.24, 2.45) is 5.73 Å². The highest BCUT2D eigenvalue weighted by Gasteiger charge is 2.19. The monoisotopic (exact) mass is 289 g/mol. The minimum absolute atomic E-state index is 0.123. The van der Waals surface area contributed by atoms with Crippen molar-refractivity contribution in [3.63, 3.8) is 0 Å². The van der Waals surface area contributed by atoms with Crippen molar-refractivity contribution in [2.45, 2.75) is 13.0 Å². The molecule has 0 bridgehead atoms. The molecule has 4 nitrogen and oxygen atoms in total. The summed E-state index contributed by atoms with van der Waals surface area (Å²) in [6, 6.07) is 4.89. The van der Waals surface area contributed by atoms with Gasteiger partial charge in [0.25, 0.3) is 0 Å². The second-order valence-electron chi connectivity index (χ2n) is 5.20. The lowest BCUT2D eigenvalue weighted by Crippen LogP contribution is -2.34. The van der Waals surface area contributed by atoms with Gasteiger partial charge in [-0.1, -0.05) is 17.9 Å². The van der Waals surface area contributed by atoms with Crippen LogP contribution < -0.4 is 5.73 Å². The van der Waals surface area contributed by atoms with Gasteiger partial charge in [-0.05, 0) is 24.1 Å². The van der Waals surface area contributed by atoms with Gasteiger partial charge in [0, 0.05) is 26.7 Å². The van der Waals surface area contributed by atoms with E-state index in [0.717, 1.165) is 25.1 Å². The van der Waals surface area contributed by atoms with Gasteiger partial charge in [-0.3, -0.25) is 9.69 Å². The normalized spacial score (nSPS) is 16.3. The van der Waals surface area contributed by atoms with E-state index in [-0.39, 0.29) is 18.3 Å². The van der Waals surface area contributed by atoms with Crippen LogP contribution in [0.4, 0.5) is 4.39 Å². The van der Waals surface area contributed by atoms with Gasteiger partial charge >= 0.3 is 0 Å². The third-order valence-electron chi connectivity index (χ3n) is 3.51. The maximum atomic E-state index is 13.6. The largest absolute Gasteiger partial charge is 0.345 e. The van der Waals surface area contributed by atoms with Gasteiger partial charge in [-0.15, -0.1) is 0 Å². The van der Waals surface area contributed by atoms with Gasteiger partial charge in [0.2, 0.25) is 5.91 Å². The number of carbonyl (C=O) groups excluding carboxylic acids is 1. The zero-order valence-corrected chi connectivity index (χ0v) is 12.2. The molecule has 0 aromatic heterocycles. The Hall–Kier alpha value is -1.90. The first kappa shape index (κ1) is 15.5. The number of carbonyl (C=O) groups is 1. The van der Waals surface area contributed by atoms with Crippen molar-refractivity contribution in [3.8, 4) is 11.8 Å². The second-order valence-corrected chi connectivity index (χ2v) is 5.20. The second kappa shape index (κ2) is 7.21. The van der Waals surface area contributed by atoms with Gasteiger partial charge in [-0.25, -0.2) is 4.39 Å². The SMILES string of the molecule is CN1CCCN(Cc2ccc(F)c(C#CCN)c2)CC1=O. The van der Waals surface area contributed by atoms with E-state index < -0.39 is 0 Å². The lowest BCUT2D eigenvalue weighted by Gasteiger charge is -2.19. The van der Waals surface area contributed by atoms with Crippen molar-refractivity contribution in [2.75, 3.05) is 33.2 Å². The van der Waals surface area contributed by atoms with E-state index in [1.807, 2.05) is 7.05 Å². The van der Waals surface area contributed by atoms with Crippen molar-refractivity contribution < 1.29 is 9.18 Å². The highest BCUT2D eigenvalue weighted by molar-refractivity contribution is 5.78. The molecule has 112 valence electrons. The predicted octanol–water partition coefficient (Wildman–Crippen LogP) is 0.800. The van der Waals surface area contributed by atoms with Crippen LogP contribution in [-0.2, 0) is 11.3 Å². The van der Waals surface area contributed by atoms with E-state index in [2.05, 4.69) is 16.7 Å². The van der Waals surface area contributed by atoms with Crippen molar-refractivity contribution in [3.05, 3.63) is 35.1 Å². The summed E-state index contributed by atoms with van der Waals surface area (Å²) in [5, 5.41) is 0. The maximum Gasteiger partial charge on any atom is 0.236 e. The minimum atomic E-state index is -0.341. The van der Waals surface area contributed by atoms with Gasteiger partial charge in [0.05, 0.1) is 18.7 Å². The quantitative estimate of drug-likeness (QED) is 0.819. The first-order valence-electron chi connectivity index (χ1n) is 7.04. The van der Waals surface area contributed by atoms with Crippen LogP contribution in [0, 0.1) is 17.7 Å². The molecule has 21 heavy (non-hydrogen) atoms. The average molecular weight is 289 g/mol. The van der Waals surface area contributed by atoms with Gasteiger partial charge < -0.3 is 10.6 Å². The van der Waals surface area contributed by atoms with E-state index in [9.17, 15) is 9.18 Å². The van der Waals surface area contributed by atoms with Crippen molar-refractivity contribution in [1.82, 2.24) is 9.80 Å². The molecule has 0 aliphatic carbocycles. The Morgan fingerprint density at radius 2 is 2.19 bits per heavy atom. The summed E-state index contributed by atoms with van der Waals surface area (Å²) >= 11 is 0. The number of nitrogens with zero attached hydrogens (tertiary/aromatic N) is 2. The first-order chi connectivity index (χ1) is 10.1. The molecule has 1 amide bonds. The van der Waals surface area contributed by atoms with E-state index >= 15 is 0 Å². The molecule has 5 heteroatoms. The lowest BCUT2D eigenvalue weighted by atomic mass is 10.1. The third kappa shape index (κ3) is 4.28. The fourth-order valence-electron chi connectivity index (χ4n) is 2.35. The topological polar surface area (TPSA) is 49.6 Å². The first-order valence-corrected chi connectivity index (χ1v) is 7.04. The van der Waals surface area contributed by atoms with Crippen molar-refractivity contribution in [1.29, 1.82) is 0 Å². The Labute approximate surface area is 124 Å². The smallest absolute Gasteiger partial charge is 0.236 e. The minimum Gasteiger partial charge on any atom is -0.345 e. The average Bonchev–Trinajstić information content (AvgIpc) is 2.61. The van der Waals surface area contributed by atoms with Crippen LogP contribution in [0.2, 0.25) is 0 Å². The van der Waals surface area contributed by atoms with Gasteiger partial charge in [0.1, 0.15) is 5.82 Å². The fourth-order valence-corrected chi connectivity index (χ4v) is 2.35. The Morgan fingerprint density at radius 1 is 1.38 bits per heavy atom. The molecule has 1 aliphatic rings. The molecule has 2 rings (SSSR count). The maximum absolute atomic E-state index is 13.6. The number of halogens is 1. The van der Waals surface area contributed by atoms with Crippen LogP contribution in [0.1, 0.15) is 17.5 Å². The van der Waals surface area contributed by atoms with Crippen LogP contribution in [0.15, 0.2) is 18.2 Å².